The van der Waals surface area contributed by atoms with Gasteiger partial charge in [0.25, 0.3) is 5.91 Å². The average Bonchev–Trinajstić information content (AvgIpc) is 2.56. The van der Waals surface area contributed by atoms with Crippen LogP contribution in [-0.2, 0) is 0 Å². The summed E-state index contributed by atoms with van der Waals surface area (Å²) in [6.45, 7) is 7.36. The molecule has 0 saturated carbocycles. The summed E-state index contributed by atoms with van der Waals surface area (Å²) >= 11 is 0. The van der Waals surface area contributed by atoms with Gasteiger partial charge in [-0.1, -0.05) is 12.1 Å². The van der Waals surface area contributed by atoms with E-state index in [0.717, 1.165) is 18.8 Å². The van der Waals surface area contributed by atoms with Gasteiger partial charge >= 0.3 is 0 Å². The van der Waals surface area contributed by atoms with E-state index in [1.54, 1.807) is 36.5 Å². The zero-order chi connectivity index (χ0) is 16.8. The van der Waals surface area contributed by atoms with Crippen LogP contribution in [0.15, 0.2) is 42.6 Å². The number of ketones is 1. The first-order valence-electron chi connectivity index (χ1n) is 7.68. The number of amides is 1. The number of rotatable bonds is 6. The Hall–Kier alpha value is -2.69. The number of carbonyl (C=O) groups excluding carboxylic acids is 2. The summed E-state index contributed by atoms with van der Waals surface area (Å²) in [4.78, 5) is 30.1. The summed E-state index contributed by atoms with van der Waals surface area (Å²) in [6, 6.07) is 10.5. The predicted molar refractivity (Wildman–Crippen MR) is 92.2 cm³/mol. The van der Waals surface area contributed by atoms with E-state index >= 15 is 0 Å². The molecule has 0 aliphatic rings. The van der Waals surface area contributed by atoms with E-state index in [1.807, 2.05) is 6.07 Å². The van der Waals surface area contributed by atoms with Crippen molar-refractivity contribution in [1.29, 1.82) is 0 Å². The number of hydrogen-bond donors (Lipinski definition) is 1. The quantitative estimate of drug-likeness (QED) is 0.831. The van der Waals surface area contributed by atoms with Crippen LogP contribution < -0.4 is 10.2 Å². The van der Waals surface area contributed by atoms with Crippen LogP contribution in [0.4, 0.5) is 11.4 Å². The van der Waals surface area contributed by atoms with E-state index in [0.29, 0.717) is 16.9 Å². The lowest BCUT2D eigenvalue weighted by atomic mass is 10.1. The molecule has 2 rings (SSSR count). The molecule has 23 heavy (non-hydrogen) atoms. The molecule has 0 radical (unpaired) electrons. The van der Waals surface area contributed by atoms with Crippen molar-refractivity contribution in [3.63, 3.8) is 0 Å². The highest BCUT2D eigenvalue weighted by molar-refractivity contribution is 6.04. The molecule has 5 heteroatoms. The molecule has 1 heterocycles. The number of nitrogens with one attached hydrogen (secondary N) is 1. The molecule has 0 aliphatic heterocycles. The summed E-state index contributed by atoms with van der Waals surface area (Å²) in [5, 5.41) is 2.78. The van der Waals surface area contributed by atoms with Crippen molar-refractivity contribution >= 4 is 23.1 Å². The monoisotopic (exact) mass is 311 g/mol. The van der Waals surface area contributed by atoms with Gasteiger partial charge in [-0.25, -0.2) is 0 Å². The standard InChI is InChI=1S/C18H21N3O2/c1-4-21(5-2)16-9-10-19-17(12-16)18(23)20-15-8-6-7-14(11-15)13(3)22/h6-12H,4-5H2,1-3H3,(H,20,23). The van der Waals surface area contributed by atoms with E-state index < -0.39 is 0 Å². The number of pyridine rings is 1. The zero-order valence-electron chi connectivity index (χ0n) is 13.7. The molecule has 0 fully saturated rings. The van der Waals surface area contributed by atoms with Gasteiger partial charge in [0.2, 0.25) is 0 Å². The average molecular weight is 311 g/mol. The predicted octanol–water partition coefficient (Wildman–Crippen LogP) is 3.38. The first kappa shape index (κ1) is 16.7. The molecule has 0 spiro atoms. The summed E-state index contributed by atoms with van der Waals surface area (Å²) in [5.74, 6) is -0.331. The lowest BCUT2D eigenvalue weighted by Gasteiger charge is -2.21. The van der Waals surface area contributed by atoms with Crippen molar-refractivity contribution in [1.82, 2.24) is 4.98 Å². The highest BCUT2D eigenvalue weighted by Crippen LogP contribution is 2.16. The van der Waals surface area contributed by atoms with Crippen molar-refractivity contribution in [2.45, 2.75) is 20.8 Å². The van der Waals surface area contributed by atoms with Gasteiger partial charge in [0.15, 0.2) is 5.78 Å². The van der Waals surface area contributed by atoms with Crippen LogP contribution in [0.5, 0.6) is 0 Å². The molecule has 0 unspecified atom stereocenters. The van der Waals surface area contributed by atoms with Crippen molar-refractivity contribution in [2.75, 3.05) is 23.3 Å². The second kappa shape index (κ2) is 7.54. The molecule has 0 aliphatic carbocycles. The SMILES string of the molecule is CCN(CC)c1ccnc(C(=O)Nc2cccc(C(C)=O)c2)c1. The Bertz CT molecular complexity index is 709. The maximum Gasteiger partial charge on any atom is 0.274 e. The van der Waals surface area contributed by atoms with E-state index in [2.05, 4.69) is 29.0 Å². The Morgan fingerprint density at radius 1 is 1.13 bits per heavy atom. The number of Topliss-reactive ketones (excluding diaryl/α,β-unsaturated/α-hetero) is 1. The highest BCUT2D eigenvalue weighted by atomic mass is 16.2. The number of aromatic nitrogens is 1. The molecular formula is C18H21N3O2. The fourth-order valence-electron chi connectivity index (χ4n) is 2.34. The molecule has 1 amide bonds. The largest absolute Gasteiger partial charge is 0.372 e. The lowest BCUT2D eigenvalue weighted by Crippen LogP contribution is -2.23. The normalized spacial score (nSPS) is 10.2. The molecule has 1 aromatic heterocycles. The molecule has 2 aromatic rings. The molecule has 1 N–H and O–H groups in total. The topological polar surface area (TPSA) is 62.3 Å². The number of anilines is 2. The van der Waals surface area contributed by atoms with Gasteiger partial charge in [-0.3, -0.25) is 14.6 Å². The van der Waals surface area contributed by atoms with E-state index in [-0.39, 0.29) is 11.7 Å². The maximum atomic E-state index is 12.4. The number of carbonyl (C=O) groups is 2. The van der Waals surface area contributed by atoms with Crippen LogP contribution >= 0.6 is 0 Å². The van der Waals surface area contributed by atoms with Gasteiger partial charge in [-0.2, -0.15) is 0 Å². The Balaban J connectivity index is 2.19. The van der Waals surface area contributed by atoms with Gasteiger partial charge in [0.05, 0.1) is 0 Å². The van der Waals surface area contributed by atoms with Crippen LogP contribution in [0, 0.1) is 0 Å². The van der Waals surface area contributed by atoms with Crippen LogP contribution in [0.2, 0.25) is 0 Å². The maximum absolute atomic E-state index is 12.4. The van der Waals surface area contributed by atoms with Crippen molar-refractivity contribution < 1.29 is 9.59 Å². The summed E-state index contributed by atoms with van der Waals surface area (Å²) < 4.78 is 0. The Labute approximate surface area is 136 Å². The van der Waals surface area contributed by atoms with Gasteiger partial charge in [0.1, 0.15) is 5.69 Å². The third-order valence-corrected chi connectivity index (χ3v) is 3.63. The minimum Gasteiger partial charge on any atom is -0.372 e. The molecule has 0 saturated heterocycles. The Morgan fingerprint density at radius 2 is 1.87 bits per heavy atom. The van der Waals surface area contributed by atoms with Crippen LogP contribution in [-0.4, -0.2) is 29.8 Å². The molecule has 1 aromatic carbocycles. The van der Waals surface area contributed by atoms with E-state index in [4.69, 9.17) is 0 Å². The number of benzene rings is 1. The third-order valence-electron chi connectivity index (χ3n) is 3.63. The first-order valence-corrected chi connectivity index (χ1v) is 7.68. The second-order valence-electron chi connectivity index (χ2n) is 5.16. The van der Waals surface area contributed by atoms with E-state index in [9.17, 15) is 9.59 Å². The first-order chi connectivity index (χ1) is 11.0. The summed E-state index contributed by atoms with van der Waals surface area (Å²) in [6.07, 6.45) is 1.63. The minimum atomic E-state index is -0.292. The number of nitrogens with zero attached hydrogens (tertiary/aromatic N) is 2. The summed E-state index contributed by atoms with van der Waals surface area (Å²) in [7, 11) is 0. The zero-order valence-corrected chi connectivity index (χ0v) is 13.7. The fourth-order valence-corrected chi connectivity index (χ4v) is 2.34. The molecule has 120 valence electrons. The van der Waals surface area contributed by atoms with Crippen LogP contribution in [0.1, 0.15) is 41.6 Å². The van der Waals surface area contributed by atoms with E-state index in [1.165, 1.54) is 6.92 Å². The number of hydrogen-bond acceptors (Lipinski definition) is 4. The molecule has 5 nitrogen and oxygen atoms in total. The Morgan fingerprint density at radius 3 is 2.52 bits per heavy atom. The lowest BCUT2D eigenvalue weighted by molar-refractivity contribution is 0.100. The smallest absolute Gasteiger partial charge is 0.274 e. The fraction of sp³-hybridized carbons (Fsp3) is 0.278. The third kappa shape index (κ3) is 4.16. The van der Waals surface area contributed by atoms with Gasteiger partial charge < -0.3 is 10.2 Å². The van der Waals surface area contributed by atoms with Gasteiger partial charge in [-0.05, 0) is 45.0 Å². The van der Waals surface area contributed by atoms with Crippen LogP contribution in [0.3, 0.4) is 0 Å². The van der Waals surface area contributed by atoms with Gasteiger partial charge in [0, 0.05) is 36.2 Å². The van der Waals surface area contributed by atoms with Gasteiger partial charge in [-0.15, -0.1) is 0 Å². The second-order valence-corrected chi connectivity index (χ2v) is 5.16. The molecular weight excluding hydrogens is 290 g/mol. The summed E-state index contributed by atoms with van der Waals surface area (Å²) in [5.41, 5.74) is 2.46. The Kier molecular flexibility index (Phi) is 5.46. The highest BCUT2D eigenvalue weighted by Gasteiger charge is 2.11. The molecule has 0 bridgehead atoms. The van der Waals surface area contributed by atoms with Crippen molar-refractivity contribution in [2.24, 2.45) is 0 Å². The van der Waals surface area contributed by atoms with Crippen molar-refractivity contribution in [3.05, 3.63) is 53.9 Å². The van der Waals surface area contributed by atoms with Crippen molar-refractivity contribution in [3.8, 4) is 0 Å². The molecule has 0 atom stereocenters. The van der Waals surface area contributed by atoms with Crippen LogP contribution in [0.25, 0.3) is 0 Å². The minimum absolute atomic E-state index is 0.0391.